The standard InChI is InChI=1S/C18H17ClN6O/c1-26-16-4-2-3-14(22-16)9-11-10-15(20)23-18(21)17(11)25-24-13-7-5-12(19)6-8-13/h2-8,10H,9H2,1H3,(H4,20,21,23). The van der Waals surface area contributed by atoms with E-state index in [1.807, 2.05) is 12.1 Å². The summed E-state index contributed by atoms with van der Waals surface area (Å²) in [6, 6.07) is 14.2. The lowest BCUT2D eigenvalue weighted by Crippen LogP contribution is -2.02. The van der Waals surface area contributed by atoms with Crippen molar-refractivity contribution < 1.29 is 4.74 Å². The molecule has 0 radical (unpaired) electrons. The highest BCUT2D eigenvalue weighted by atomic mass is 35.5. The number of hydrogen-bond donors (Lipinski definition) is 2. The molecule has 0 aliphatic heterocycles. The lowest BCUT2D eigenvalue weighted by Gasteiger charge is -2.09. The van der Waals surface area contributed by atoms with Crippen LogP contribution in [0.4, 0.5) is 23.0 Å². The molecule has 4 N–H and O–H groups in total. The first-order valence-electron chi connectivity index (χ1n) is 7.77. The normalized spacial score (nSPS) is 11.0. The van der Waals surface area contributed by atoms with Gasteiger partial charge in [0.15, 0.2) is 5.82 Å². The molecule has 7 nitrogen and oxygen atoms in total. The van der Waals surface area contributed by atoms with Crippen molar-refractivity contribution in [1.82, 2.24) is 9.97 Å². The van der Waals surface area contributed by atoms with E-state index < -0.39 is 0 Å². The number of methoxy groups -OCH3 is 1. The quantitative estimate of drug-likeness (QED) is 0.651. The van der Waals surface area contributed by atoms with E-state index in [4.69, 9.17) is 27.8 Å². The molecule has 1 aromatic carbocycles. The van der Waals surface area contributed by atoms with Gasteiger partial charge in [0, 0.05) is 23.2 Å². The van der Waals surface area contributed by atoms with E-state index >= 15 is 0 Å². The van der Waals surface area contributed by atoms with Gasteiger partial charge in [-0.25, -0.2) is 9.97 Å². The van der Waals surface area contributed by atoms with Crippen LogP contribution in [0.1, 0.15) is 11.3 Å². The van der Waals surface area contributed by atoms with Gasteiger partial charge in [-0.15, -0.1) is 5.11 Å². The first-order valence-corrected chi connectivity index (χ1v) is 8.15. The van der Waals surface area contributed by atoms with Crippen molar-refractivity contribution in [3.8, 4) is 5.88 Å². The fourth-order valence-corrected chi connectivity index (χ4v) is 2.49. The molecule has 0 bridgehead atoms. The van der Waals surface area contributed by atoms with Gasteiger partial charge < -0.3 is 16.2 Å². The second-order valence-electron chi connectivity index (χ2n) is 5.46. The van der Waals surface area contributed by atoms with Crippen LogP contribution in [0.3, 0.4) is 0 Å². The number of anilines is 2. The van der Waals surface area contributed by atoms with Gasteiger partial charge in [0.05, 0.1) is 12.8 Å². The number of nitrogen functional groups attached to an aromatic ring is 2. The second-order valence-corrected chi connectivity index (χ2v) is 5.90. The van der Waals surface area contributed by atoms with Crippen LogP contribution in [0.5, 0.6) is 5.88 Å². The largest absolute Gasteiger partial charge is 0.481 e. The van der Waals surface area contributed by atoms with Crippen LogP contribution in [0, 0.1) is 0 Å². The Bertz CT molecular complexity index is 943. The van der Waals surface area contributed by atoms with E-state index in [9.17, 15) is 0 Å². The van der Waals surface area contributed by atoms with Gasteiger partial charge in [0.2, 0.25) is 5.88 Å². The molecule has 0 aliphatic carbocycles. The summed E-state index contributed by atoms with van der Waals surface area (Å²) in [5.74, 6) is 1.05. The summed E-state index contributed by atoms with van der Waals surface area (Å²) in [7, 11) is 1.57. The summed E-state index contributed by atoms with van der Waals surface area (Å²) in [6.07, 6.45) is 0.461. The van der Waals surface area contributed by atoms with Crippen LogP contribution in [0.2, 0.25) is 5.02 Å². The van der Waals surface area contributed by atoms with Crippen molar-refractivity contribution in [2.24, 2.45) is 10.2 Å². The van der Waals surface area contributed by atoms with E-state index in [-0.39, 0.29) is 5.82 Å². The highest BCUT2D eigenvalue weighted by molar-refractivity contribution is 6.30. The summed E-state index contributed by atoms with van der Waals surface area (Å²) in [4.78, 5) is 8.48. The van der Waals surface area contributed by atoms with Crippen molar-refractivity contribution in [2.45, 2.75) is 6.42 Å². The summed E-state index contributed by atoms with van der Waals surface area (Å²) < 4.78 is 5.16. The van der Waals surface area contributed by atoms with E-state index in [2.05, 4.69) is 20.2 Å². The van der Waals surface area contributed by atoms with Crippen LogP contribution in [-0.4, -0.2) is 17.1 Å². The van der Waals surface area contributed by atoms with Gasteiger partial charge in [-0.2, -0.15) is 5.11 Å². The predicted octanol–water partition coefficient (Wildman–Crippen LogP) is 4.31. The summed E-state index contributed by atoms with van der Waals surface area (Å²) >= 11 is 5.88. The Morgan fingerprint density at radius 2 is 1.81 bits per heavy atom. The van der Waals surface area contributed by atoms with Gasteiger partial charge in [0.25, 0.3) is 0 Å². The average molecular weight is 369 g/mol. The maximum Gasteiger partial charge on any atom is 0.213 e. The topological polar surface area (TPSA) is 112 Å². The highest BCUT2D eigenvalue weighted by Gasteiger charge is 2.11. The number of benzene rings is 1. The summed E-state index contributed by atoms with van der Waals surface area (Å²) in [5, 5.41) is 9.10. The fourth-order valence-electron chi connectivity index (χ4n) is 2.37. The van der Waals surface area contributed by atoms with Gasteiger partial charge in [-0.3, -0.25) is 0 Å². The third-order valence-corrected chi connectivity index (χ3v) is 3.82. The number of rotatable bonds is 5. The number of ether oxygens (including phenoxy) is 1. The third-order valence-electron chi connectivity index (χ3n) is 3.57. The molecule has 0 saturated heterocycles. The lowest BCUT2D eigenvalue weighted by atomic mass is 10.1. The molecular weight excluding hydrogens is 352 g/mol. The fraction of sp³-hybridized carbons (Fsp3) is 0.111. The van der Waals surface area contributed by atoms with Gasteiger partial charge in [-0.1, -0.05) is 17.7 Å². The van der Waals surface area contributed by atoms with Gasteiger partial charge in [0.1, 0.15) is 11.5 Å². The van der Waals surface area contributed by atoms with Crippen LogP contribution in [0.15, 0.2) is 58.8 Å². The number of hydrogen-bond acceptors (Lipinski definition) is 7. The molecule has 8 heteroatoms. The minimum atomic E-state index is 0.209. The van der Waals surface area contributed by atoms with Crippen LogP contribution < -0.4 is 16.2 Å². The molecule has 0 aliphatic rings. The number of pyridine rings is 2. The number of nitrogens with two attached hydrogens (primary N) is 2. The Hall–Kier alpha value is -3.19. The molecule has 3 aromatic rings. The number of nitrogens with zero attached hydrogens (tertiary/aromatic N) is 4. The molecule has 0 spiro atoms. The van der Waals surface area contributed by atoms with E-state index in [0.717, 1.165) is 11.3 Å². The van der Waals surface area contributed by atoms with Crippen molar-refractivity contribution in [3.05, 3.63) is 64.8 Å². The molecule has 0 atom stereocenters. The SMILES string of the molecule is COc1cccc(Cc2cc(N)nc(N)c2N=Nc2ccc(Cl)cc2)n1. The van der Waals surface area contributed by atoms with Crippen LogP contribution >= 0.6 is 11.6 Å². The zero-order chi connectivity index (χ0) is 18.5. The average Bonchev–Trinajstić information content (AvgIpc) is 2.62. The third kappa shape index (κ3) is 4.25. The van der Waals surface area contributed by atoms with E-state index in [1.165, 1.54) is 0 Å². The maximum atomic E-state index is 6.01. The highest BCUT2D eigenvalue weighted by Crippen LogP contribution is 2.31. The molecule has 0 fully saturated rings. The Balaban J connectivity index is 1.95. The molecule has 2 aromatic heterocycles. The maximum absolute atomic E-state index is 6.01. The number of azo groups is 1. The Morgan fingerprint density at radius 3 is 2.54 bits per heavy atom. The van der Waals surface area contributed by atoms with Crippen molar-refractivity contribution >= 4 is 34.6 Å². The minimum absolute atomic E-state index is 0.209. The second kappa shape index (κ2) is 7.79. The Morgan fingerprint density at radius 1 is 1.04 bits per heavy atom. The van der Waals surface area contributed by atoms with E-state index in [1.54, 1.807) is 43.5 Å². The zero-order valence-electron chi connectivity index (χ0n) is 14.1. The molecule has 2 heterocycles. The van der Waals surface area contributed by atoms with Crippen LogP contribution in [-0.2, 0) is 6.42 Å². The summed E-state index contributed by atoms with van der Waals surface area (Å²) in [6.45, 7) is 0. The monoisotopic (exact) mass is 368 g/mol. The Kier molecular flexibility index (Phi) is 5.28. The first-order chi connectivity index (χ1) is 12.5. The smallest absolute Gasteiger partial charge is 0.213 e. The van der Waals surface area contributed by atoms with Crippen LogP contribution in [0.25, 0.3) is 0 Å². The zero-order valence-corrected chi connectivity index (χ0v) is 14.8. The van der Waals surface area contributed by atoms with Gasteiger partial charge in [-0.05, 0) is 42.0 Å². The lowest BCUT2D eigenvalue weighted by molar-refractivity contribution is 0.396. The molecule has 132 valence electrons. The molecule has 3 rings (SSSR count). The number of halogens is 1. The van der Waals surface area contributed by atoms with Crippen molar-refractivity contribution in [1.29, 1.82) is 0 Å². The van der Waals surface area contributed by atoms with Crippen molar-refractivity contribution in [2.75, 3.05) is 18.6 Å². The number of aromatic nitrogens is 2. The van der Waals surface area contributed by atoms with Crippen molar-refractivity contribution in [3.63, 3.8) is 0 Å². The molecule has 0 amide bonds. The van der Waals surface area contributed by atoms with Gasteiger partial charge >= 0.3 is 0 Å². The first kappa shape index (κ1) is 17.6. The Labute approximate surface area is 155 Å². The molecule has 0 unspecified atom stereocenters. The minimum Gasteiger partial charge on any atom is -0.481 e. The van der Waals surface area contributed by atoms with E-state index in [0.29, 0.717) is 34.5 Å². The molecule has 0 saturated carbocycles. The predicted molar refractivity (Wildman–Crippen MR) is 102 cm³/mol. The molecule has 26 heavy (non-hydrogen) atoms. The summed E-state index contributed by atoms with van der Waals surface area (Å²) in [5.41, 5.74) is 14.5. The molecular formula is C18H17ClN6O.